The van der Waals surface area contributed by atoms with Crippen molar-refractivity contribution in [3.63, 3.8) is 0 Å². The molecule has 0 spiro atoms. The summed E-state index contributed by atoms with van der Waals surface area (Å²) >= 11 is 5.94. The summed E-state index contributed by atoms with van der Waals surface area (Å²) in [7, 11) is 0. The van der Waals surface area contributed by atoms with Crippen LogP contribution in [0.3, 0.4) is 0 Å². The molecule has 1 atom stereocenters. The van der Waals surface area contributed by atoms with Gasteiger partial charge in [-0.2, -0.15) is 0 Å². The van der Waals surface area contributed by atoms with Crippen LogP contribution in [0.2, 0.25) is 5.02 Å². The molecule has 1 aliphatic rings. The Morgan fingerprint density at radius 2 is 2.00 bits per heavy atom. The van der Waals surface area contributed by atoms with Gasteiger partial charge in [0, 0.05) is 17.6 Å². The van der Waals surface area contributed by atoms with Crippen molar-refractivity contribution in [1.82, 2.24) is 9.97 Å². The molecule has 0 aliphatic heterocycles. The highest BCUT2D eigenvalue weighted by Gasteiger charge is 2.28. The number of anilines is 1. The first kappa shape index (κ1) is 16.5. The van der Waals surface area contributed by atoms with Crippen LogP contribution in [0.1, 0.15) is 44.5 Å². The predicted octanol–water partition coefficient (Wildman–Crippen LogP) is 3.89. The Morgan fingerprint density at radius 3 is 2.73 bits per heavy atom. The topological polar surface area (TPSA) is 85.1 Å². The van der Waals surface area contributed by atoms with E-state index in [-0.39, 0.29) is 23.4 Å². The zero-order valence-corrected chi connectivity index (χ0v) is 14.4. The SMILES string of the molecule is O=C(Nc1ncc2c(n1)C[C@@H](c1ccc(Cl)cc1)CC2=O)c1ccco1. The lowest BCUT2D eigenvalue weighted by molar-refractivity contribution is 0.0962. The Morgan fingerprint density at radius 1 is 1.19 bits per heavy atom. The molecular formula is C19H14ClN3O3. The highest BCUT2D eigenvalue weighted by Crippen LogP contribution is 2.32. The lowest BCUT2D eigenvalue weighted by Crippen LogP contribution is -2.22. The average molecular weight is 368 g/mol. The van der Waals surface area contributed by atoms with Crippen LogP contribution < -0.4 is 5.32 Å². The quantitative estimate of drug-likeness (QED) is 0.759. The Balaban J connectivity index is 1.58. The molecule has 0 saturated carbocycles. The van der Waals surface area contributed by atoms with Gasteiger partial charge in [-0.25, -0.2) is 9.97 Å². The monoisotopic (exact) mass is 367 g/mol. The average Bonchev–Trinajstić information content (AvgIpc) is 3.17. The van der Waals surface area contributed by atoms with Crippen molar-refractivity contribution < 1.29 is 14.0 Å². The van der Waals surface area contributed by atoms with Crippen molar-refractivity contribution in [2.75, 3.05) is 5.32 Å². The van der Waals surface area contributed by atoms with Crippen molar-refractivity contribution in [3.8, 4) is 0 Å². The van der Waals surface area contributed by atoms with Gasteiger partial charge in [0.15, 0.2) is 11.5 Å². The first-order valence-corrected chi connectivity index (χ1v) is 8.47. The Bertz CT molecular complexity index is 968. The second-order valence-electron chi connectivity index (χ2n) is 6.07. The number of amides is 1. The molecular weight excluding hydrogens is 354 g/mol. The summed E-state index contributed by atoms with van der Waals surface area (Å²) in [5.74, 6) is -0.103. The number of fused-ring (bicyclic) bond motifs is 1. The number of furan rings is 1. The standard InChI is InChI=1S/C19H14ClN3O3/c20-13-5-3-11(4-6-13)12-8-15-14(16(24)9-12)10-21-19(22-15)23-18(25)17-2-1-7-26-17/h1-7,10,12H,8-9H2,(H,21,22,23,25)/t12-/m1/s1. The molecule has 1 aliphatic carbocycles. The molecule has 0 unspecified atom stereocenters. The number of nitrogens with one attached hydrogen (secondary N) is 1. The number of ketones is 1. The van der Waals surface area contributed by atoms with Crippen LogP contribution in [0.25, 0.3) is 0 Å². The second kappa shape index (κ2) is 6.72. The van der Waals surface area contributed by atoms with E-state index in [2.05, 4.69) is 15.3 Å². The van der Waals surface area contributed by atoms with Gasteiger partial charge in [-0.1, -0.05) is 23.7 Å². The fraction of sp³-hybridized carbons (Fsp3) is 0.158. The van der Waals surface area contributed by atoms with Crippen LogP contribution in [0.15, 0.2) is 53.3 Å². The van der Waals surface area contributed by atoms with Crippen LogP contribution in [-0.2, 0) is 6.42 Å². The van der Waals surface area contributed by atoms with E-state index >= 15 is 0 Å². The van der Waals surface area contributed by atoms with Gasteiger partial charge in [-0.15, -0.1) is 0 Å². The first-order valence-electron chi connectivity index (χ1n) is 8.09. The zero-order chi connectivity index (χ0) is 18.1. The van der Waals surface area contributed by atoms with Gasteiger partial charge in [-0.05, 0) is 42.2 Å². The highest BCUT2D eigenvalue weighted by molar-refractivity contribution is 6.30. The molecule has 0 bridgehead atoms. The summed E-state index contributed by atoms with van der Waals surface area (Å²) < 4.78 is 5.05. The maximum Gasteiger partial charge on any atom is 0.293 e. The maximum absolute atomic E-state index is 12.4. The maximum atomic E-state index is 12.4. The van der Waals surface area contributed by atoms with Gasteiger partial charge < -0.3 is 4.42 Å². The third-order valence-corrected chi connectivity index (χ3v) is 4.60. The van der Waals surface area contributed by atoms with Gasteiger partial charge in [0.2, 0.25) is 5.95 Å². The number of halogens is 1. The number of carbonyl (C=O) groups is 2. The van der Waals surface area contributed by atoms with Crippen molar-refractivity contribution in [1.29, 1.82) is 0 Å². The van der Waals surface area contributed by atoms with Gasteiger partial charge in [-0.3, -0.25) is 14.9 Å². The van der Waals surface area contributed by atoms with Crippen molar-refractivity contribution >= 4 is 29.2 Å². The zero-order valence-electron chi connectivity index (χ0n) is 13.6. The molecule has 3 aromatic rings. The fourth-order valence-corrected chi connectivity index (χ4v) is 3.17. The van der Waals surface area contributed by atoms with Crippen LogP contribution in [0.4, 0.5) is 5.95 Å². The van der Waals surface area contributed by atoms with Crippen LogP contribution in [-0.4, -0.2) is 21.7 Å². The highest BCUT2D eigenvalue weighted by atomic mass is 35.5. The molecule has 2 aromatic heterocycles. The minimum Gasteiger partial charge on any atom is -0.459 e. The van der Waals surface area contributed by atoms with Crippen molar-refractivity contribution in [2.24, 2.45) is 0 Å². The summed E-state index contributed by atoms with van der Waals surface area (Å²) in [6.07, 6.45) is 3.88. The smallest absolute Gasteiger partial charge is 0.293 e. The van der Waals surface area contributed by atoms with E-state index in [9.17, 15) is 9.59 Å². The minimum absolute atomic E-state index is 0.00453. The Kier molecular flexibility index (Phi) is 4.26. The summed E-state index contributed by atoms with van der Waals surface area (Å²) in [6.45, 7) is 0. The first-order chi connectivity index (χ1) is 12.6. The van der Waals surface area contributed by atoms with Gasteiger partial charge in [0.1, 0.15) is 0 Å². The number of hydrogen-bond donors (Lipinski definition) is 1. The van der Waals surface area contributed by atoms with E-state index in [4.69, 9.17) is 16.0 Å². The van der Waals surface area contributed by atoms with E-state index in [0.29, 0.717) is 29.1 Å². The molecule has 26 heavy (non-hydrogen) atoms. The lowest BCUT2D eigenvalue weighted by atomic mass is 9.82. The fourth-order valence-electron chi connectivity index (χ4n) is 3.05. The number of aromatic nitrogens is 2. The molecule has 7 heteroatoms. The number of Topliss-reactive ketones (excluding diaryl/α,β-unsaturated/α-hetero) is 1. The van der Waals surface area contributed by atoms with E-state index in [1.807, 2.05) is 24.3 Å². The van der Waals surface area contributed by atoms with Gasteiger partial charge >= 0.3 is 0 Å². The second-order valence-corrected chi connectivity index (χ2v) is 6.50. The van der Waals surface area contributed by atoms with Crippen LogP contribution >= 0.6 is 11.6 Å². The van der Waals surface area contributed by atoms with Crippen molar-refractivity contribution in [2.45, 2.75) is 18.8 Å². The number of nitrogens with zero attached hydrogens (tertiary/aromatic N) is 2. The Labute approximate surface area is 154 Å². The molecule has 1 aromatic carbocycles. The summed E-state index contributed by atoms with van der Waals surface area (Å²) in [4.78, 5) is 33.0. The molecule has 4 rings (SSSR count). The van der Waals surface area contributed by atoms with Crippen LogP contribution in [0, 0.1) is 0 Å². The minimum atomic E-state index is -0.439. The molecule has 1 amide bonds. The van der Waals surface area contributed by atoms with E-state index in [0.717, 1.165) is 5.56 Å². The van der Waals surface area contributed by atoms with E-state index in [1.54, 1.807) is 12.1 Å². The third-order valence-electron chi connectivity index (χ3n) is 4.35. The summed E-state index contributed by atoms with van der Waals surface area (Å²) in [6, 6.07) is 10.6. The third kappa shape index (κ3) is 3.23. The number of hydrogen-bond acceptors (Lipinski definition) is 5. The number of benzene rings is 1. The predicted molar refractivity (Wildman–Crippen MR) is 95.5 cm³/mol. The number of rotatable bonds is 3. The van der Waals surface area contributed by atoms with E-state index < -0.39 is 5.91 Å². The van der Waals surface area contributed by atoms with Crippen molar-refractivity contribution in [3.05, 3.63) is 76.5 Å². The molecule has 1 N–H and O–H groups in total. The number of carbonyl (C=O) groups excluding carboxylic acids is 2. The molecule has 130 valence electrons. The molecule has 0 radical (unpaired) electrons. The molecule has 0 saturated heterocycles. The summed E-state index contributed by atoms with van der Waals surface area (Å²) in [5, 5.41) is 3.24. The lowest BCUT2D eigenvalue weighted by Gasteiger charge is -2.23. The summed E-state index contributed by atoms with van der Waals surface area (Å²) in [5.41, 5.74) is 2.17. The molecule has 6 nitrogen and oxygen atoms in total. The van der Waals surface area contributed by atoms with E-state index in [1.165, 1.54) is 12.5 Å². The van der Waals surface area contributed by atoms with Crippen LogP contribution in [0.5, 0.6) is 0 Å². The van der Waals surface area contributed by atoms with Gasteiger partial charge in [0.25, 0.3) is 5.91 Å². The molecule has 0 fully saturated rings. The Hall–Kier alpha value is -2.99. The largest absolute Gasteiger partial charge is 0.459 e. The van der Waals surface area contributed by atoms with Gasteiger partial charge in [0.05, 0.1) is 17.5 Å². The normalized spacial score (nSPS) is 16.2. The molecule has 2 heterocycles.